The molecular formula is C17H16N2O5. The topological polar surface area (TPSA) is 85.9 Å². The van der Waals surface area contributed by atoms with Gasteiger partial charge in [-0.1, -0.05) is 6.07 Å². The Balaban J connectivity index is 1.53. The number of anilines is 1. The second-order valence-corrected chi connectivity index (χ2v) is 5.05. The molecule has 2 N–H and O–H groups in total. The van der Waals surface area contributed by atoms with Crippen LogP contribution in [0.2, 0.25) is 0 Å². The van der Waals surface area contributed by atoms with E-state index in [0.29, 0.717) is 22.9 Å². The van der Waals surface area contributed by atoms with Gasteiger partial charge in [-0.2, -0.15) is 0 Å². The van der Waals surface area contributed by atoms with Crippen LogP contribution in [0.3, 0.4) is 0 Å². The Bertz CT molecular complexity index is 758. The molecule has 1 heterocycles. The molecule has 0 unspecified atom stereocenters. The van der Waals surface area contributed by atoms with E-state index in [-0.39, 0.29) is 13.3 Å². The number of rotatable bonds is 4. The second-order valence-electron chi connectivity index (χ2n) is 5.05. The van der Waals surface area contributed by atoms with Crippen LogP contribution in [0.15, 0.2) is 42.5 Å². The highest BCUT2D eigenvalue weighted by Gasteiger charge is 2.16. The van der Waals surface area contributed by atoms with Gasteiger partial charge >= 0.3 is 11.8 Å². The van der Waals surface area contributed by atoms with E-state index >= 15 is 0 Å². The fraction of sp³-hybridized carbons (Fsp3) is 0.176. The van der Waals surface area contributed by atoms with Crippen molar-refractivity contribution in [2.75, 3.05) is 19.2 Å². The second kappa shape index (κ2) is 6.91. The number of hydrogen-bond donors (Lipinski definition) is 2. The van der Waals surface area contributed by atoms with Crippen molar-refractivity contribution >= 4 is 17.5 Å². The summed E-state index contributed by atoms with van der Waals surface area (Å²) in [5.74, 6) is 0.511. The third-order valence-electron chi connectivity index (χ3n) is 3.44. The number of methoxy groups -OCH3 is 1. The molecule has 0 aromatic heterocycles. The summed E-state index contributed by atoms with van der Waals surface area (Å²) in [4.78, 5) is 23.8. The van der Waals surface area contributed by atoms with E-state index in [0.717, 1.165) is 5.56 Å². The van der Waals surface area contributed by atoms with Gasteiger partial charge in [0.05, 0.1) is 7.11 Å². The summed E-state index contributed by atoms with van der Waals surface area (Å²) in [5.41, 5.74) is 1.32. The van der Waals surface area contributed by atoms with Crippen LogP contribution in [-0.2, 0) is 16.1 Å². The fourth-order valence-corrected chi connectivity index (χ4v) is 2.18. The van der Waals surface area contributed by atoms with Crippen molar-refractivity contribution in [3.8, 4) is 17.2 Å². The molecule has 2 aromatic carbocycles. The van der Waals surface area contributed by atoms with E-state index in [4.69, 9.17) is 14.2 Å². The van der Waals surface area contributed by atoms with Crippen molar-refractivity contribution < 1.29 is 23.8 Å². The quantitative estimate of drug-likeness (QED) is 0.834. The van der Waals surface area contributed by atoms with E-state index in [1.807, 2.05) is 0 Å². The van der Waals surface area contributed by atoms with Crippen molar-refractivity contribution in [3.63, 3.8) is 0 Å². The molecule has 7 heteroatoms. The van der Waals surface area contributed by atoms with Gasteiger partial charge in [0.25, 0.3) is 0 Å². The van der Waals surface area contributed by atoms with Crippen molar-refractivity contribution in [2.45, 2.75) is 6.54 Å². The summed E-state index contributed by atoms with van der Waals surface area (Å²) in [6, 6.07) is 12.0. The average molecular weight is 328 g/mol. The predicted molar refractivity (Wildman–Crippen MR) is 86.0 cm³/mol. The molecule has 0 aliphatic carbocycles. The summed E-state index contributed by atoms with van der Waals surface area (Å²) >= 11 is 0. The van der Waals surface area contributed by atoms with Gasteiger partial charge < -0.3 is 24.8 Å². The Morgan fingerprint density at radius 3 is 2.54 bits per heavy atom. The first kappa shape index (κ1) is 15.7. The van der Waals surface area contributed by atoms with Gasteiger partial charge in [-0.15, -0.1) is 0 Å². The molecule has 0 saturated heterocycles. The Hall–Kier alpha value is -3.22. The van der Waals surface area contributed by atoms with Crippen LogP contribution in [-0.4, -0.2) is 25.7 Å². The largest absolute Gasteiger partial charge is 0.497 e. The normalized spacial score (nSPS) is 11.7. The zero-order chi connectivity index (χ0) is 16.9. The van der Waals surface area contributed by atoms with Crippen LogP contribution in [0.1, 0.15) is 5.56 Å². The minimum Gasteiger partial charge on any atom is -0.497 e. The molecule has 1 aliphatic heterocycles. The van der Waals surface area contributed by atoms with Crippen LogP contribution < -0.4 is 24.8 Å². The number of nitrogens with one attached hydrogen (secondary N) is 2. The first-order valence-electron chi connectivity index (χ1n) is 7.27. The van der Waals surface area contributed by atoms with Crippen molar-refractivity contribution in [1.29, 1.82) is 0 Å². The maximum atomic E-state index is 11.9. The number of carbonyl (C=O) groups excluding carboxylic acids is 2. The molecule has 124 valence electrons. The first-order valence-corrected chi connectivity index (χ1v) is 7.27. The Kier molecular flexibility index (Phi) is 4.51. The molecule has 2 aromatic rings. The summed E-state index contributed by atoms with van der Waals surface area (Å²) in [5, 5.41) is 5.08. The minimum atomic E-state index is -0.735. The lowest BCUT2D eigenvalue weighted by molar-refractivity contribution is -0.136. The monoisotopic (exact) mass is 328 g/mol. The predicted octanol–water partition coefficient (Wildman–Crippen LogP) is 1.68. The maximum Gasteiger partial charge on any atom is 0.313 e. The highest BCUT2D eigenvalue weighted by atomic mass is 16.7. The number of amides is 2. The Morgan fingerprint density at radius 1 is 1.04 bits per heavy atom. The Morgan fingerprint density at radius 2 is 1.79 bits per heavy atom. The molecular weight excluding hydrogens is 312 g/mol. The number of fused-ring (bicyclic) bond motifs is 1. The summed E-state index contributed by atoms with van der Waals surface area (Å²) in [6.07, 6.45) is 0. The van der Waals surface area contributed by atoms with Crippen LogP contribution in [0.4, 0.5) is 5.69 Å². The summed E-state index contributed by atoms with van der Waals surface area (Å²) < 4.78 is 15.5. The number of carbonyl (C=O) groups is 2. The van der Waals surface area contributed by atoms with E-state index in [9.17, 15) is 9.59 Å². The van der Waals surface area contributed by atoms with Crippen LogP contribution in [0, 0.1) is 0 Å². The lowest BCUT2D eigenvalue weighted by atomic mass is 10.2. The van der Waals surface area contributed by atoms with Gasteiger partial charge in [0, 0.05) is 12.2 Å². The lowest BCUT2D eigenvalue weighted by Crippen LogP contribution is -2.34. The van der Waals surface area contributed by atoms with Crippen molar-refractivity contribution in [3.05, 3.63) is 48.0 Å². The van der Waals surface area contributed by atoms with E-state index in [2.05, 4.69) is 10.6 Å². The number of ether oxygens (including phenoxy) is 3. The molecule has 0 spiro atoms. The van der Waals surface area contributed by atoms with Crippen molar-refractivity contribution in [2.24, 2.45) is 0 Å². The van der Waals surface area contributed by atoms with E-state index < -0.39 is 11.8 Å². The smallest absolute Gasteiger partial charge is 0.313 e. The van der Waals surface area contributed by atoms with E-state index in [1.165, 1.54) is 0 Å². The first-order chi connectivity index (χ1) is 11.7. The Labute approximate surface area is 138 Å². The zero-order valence-electron chi connectivity index (χ0n) is 13.0. The molecule has 1 aliphatic rings. The molecule has 0 bridgehead atoms. The standard InChI is InChI=1S/C17H16N2O5/c1-22-13-5-3-12(4-6-13)19-17(21)16(20)18-9-11-2-7-14-15(8-11)24-10-23-14/h2-8H,9-10H2,1H3,(H,18,20)(H,19,21). The number of benzene rings is 2. The molecule has 0 saturated carbocycles. The third kappa shape index (κ3) is 3.57. The van der Waals surface area contributed by atoms with Gasteiger partial charge in [0.15, 0.2) is 11.5 Å². The van der Waals surface area contributed by atoms with Gasteiger partial charge in [-0.25, -0.2) is 0 Å². The van der Waals surface area contributed by atoms with Crippen LogP contribution >= 0.6 is 0 Å². The molecule has 0 atom stereocenters. The minimum absolute atomic E-state index is 0.190. The molecule has 3 rings (SSSR count). The highest BCUT2D eigenvalue weighted by Crippen LogP contribution is 2.32. The summed E-state index contributed by atoms with van der Waals surface area (Å²) in [6.45, 7) is 0.404. The van der Waals surface area contributed by atoms with Gasteiger partial charge in [0.2, 0.25) is 6.79 Å². The molecule has 0 fully saturated rings. The summed E-state index contributed by atoms with van der Waals surface area (Å²) in [7, 11) is 1.55. The number of hydrogen-bond acceptors (Lipinski definition) is 5. The SMILES string of the molecule is COc1ccc(NC(=O)C(=O)NCc2ccc3c(c2)OCO3)cc1. The van der Waals surface area contributed by atoms with E-state index in [1.54, 1.807) is 49.6 Å². The third-order valence-corrected chi connectivity index (χ3v) is 3.44. The molecule has 7 nitrogen and oxygen atoms in total. The average Bonchev–Trinajstić information content (AvgIpc) is 3.08. The van der Waals surface area contributed by atoms with Crippen LogP contribution in [0.25, 0.3) is 0 Å². The molecule has 2 amide bonds. The van der Waals surface area contributed by atoms with Gasteiger partial charge in [0.1, 0.15) is 5.75 Å². The lowest BCUT2D eigenvalue weighted by Gasteiger charge is -2.08. The maximum absolute atomic E-state index is 11.9. The van der Waals surface area contributed by atoms with Gasteiger partial charge in [-0.3, -0.25) is 9.59 Å². The van der Waals surface area contributed by atoms with Gasteiger partial charge in [-0.05, 0) is 42.0 Å². The highest BCUT2D eigenvalue weighted by molar-refractivity contribution is 6.39. The van der Waals surface area contributed by atoms with Crippen LogP contribution in [0.5, 0.6) is 17.2 Å². The molecule has 24 heavy (non-hydrogen) atoms. The zero-order valence-corrected chi connectivity index (χ0v) is 13.0. The van der Waals surface area contributed by atoms with Crippen molar-refractivity contribution in [1.82, 2.24) is 5.32 Å². The molecule has 0 radical (unpaired) electrons. The fourth-order valence-electron chi connectivity index (χ4n) is 2.18.